The third kappa shape index (κ3) is 3.40. The molecule has 27 heavy (non-hydrogen) atoms. The van der Waals surface area contributed by atoms with Crippen LogP contribution in [-0.4, -0.2) is 15.3 Å². The topological polar surface area (TPSA) is 58.7 Å². The minimum atomic E-state index is -0.0289. The molecule has 0 bridgehead atoms. The van der Waals surface area contributed by atoms with Crippen LogP contribution in [-0.2, 0) is 12.8 Å². The van der Waals surface area contributed by atoms with Crippen LogP contribution in [0.4, 0.5) is 0 Å². The number of aryl methyl sites for hydroxylation is 3. The van der Waals surface area contributed by atoms with Gasteiger partial charge in [0.05, 0.1) is 17.1 Å². The first-order chi connectivity index (χ1) is 13.1. The molecule has 1 aliphatic rings. The minimum Gasteiger partial charge on any atom is -0.268 e. The van der Waals surface area contributed by atoms with Crippen molar-refractivity contribution < 1.29 is 0 Å². The van der Waals surface area contributed by atoms with Gasteiger partial charge in [-0.05, 0) is 55.9 Å². The van der Waals surface area contributed by atoms with Crippen molar-refractivity contribution in [3.8, 4) is 11.8 Å². The van der Waals surface area contributed by atoms with Gasteiger partial charge in [0.1, 0.15) is 4.83 Å². The molecule has 1 aliphatic carbocycles. The van der Waals surface area contributed by atoms with E-state index in [1.807, 2.05) is 25.1 Å². The number of rotatable bonds is 4. The van der Waals surface area contributed by atoms with Gasteiger partial charge in [-0.25, -0.2) is 4.98 Å². The van der Waals surface area contributed by atoms with Crippen LogP contribution in [0.5, 0.6) is 0 Å². The molecule has 0 N–H and O–H groups in total. The maximum Gasteiger partial charge on any atom is 0.267 e. The van der Waals surface area contributed by atoms with E-state index in [2.05, 4.69) is 6.07 Å². The number of nitriles is 1. The molecule has 138 valence electrons. The molecule has 3 aromatic rings. The Bertz CT molecular complexity index is 1130. The molecule has 4 rings (SSSR count). The van der Waals surface area contributed by atoms with Crippen molar-refractivity contribution in [2.75, 3.05) is 5.75 Å². The Morgan fingerprint density at radius 1 is 1.37 bits per heavy atom. The first-order valence-corrected chi connectivity index (χ1v) is 11.1. The molecule has 0 aliphatic heterocycles. The van der Waals surface area contributed by atoms with E-state index >= 15 is 0 Å². The van der Waals surface area contributed by atoms with E-state index in [0.717, 1.165) is 40.7 Å². The van der Waals surface area contributed by atoms with Crippen LogP contribution in [0.25, 0.3) is 15.9 Å². The van der Waals surface area contributed by atoms with Crippen molar-refractivity contribution >= 4 is 44.9 Å². The zero-order valence-corrected chi connectivity index (χ0v) is 17.3. The van der Waals surface area contributed by atoms with Gasteiger partial charge in [0.25, 0.3) is 5.56 Å². The third-order valence-electron chi connectivity index (χ3n) is 4.82. The molecular weight excluding hydrogens is 398 g/mol. The molecule has 4 nitrogen and oxygen atoms in total. The molecule has 0 unspecified atom stereocenters. The largest absolute Gasteiger partial charge is 0.268 e. The van der Waals surface area contributed by atoms with Crippen LogP contribution >= 0.6 is 34.7 Å². The summed E-state index contributed by atoms with van der Waals surface area (Å²) in [7, 11) is 0. The molecular formula is C20H18ClN3OS2. The second kappa shape index (κ2) is 7.67. The molecule has 7 heteroatoms. The van der Waals surface area contributed by atoms with Gasteiger partial charge in [-0.15, -0.1) is 11.3 Å². The number of hydrogen-bond donors (Lipinski definition) is 0. The molecule has 1 aromatic carbocycles. The molecule has 0 radical (unpaired) electrons. The van der Waals surface area contributed by atoms with E-state index in [0.29, 0.717) is 22.4 Å². The minimum absolute atomic E-state index is 0.0289. The SMILES string of the molecule is Cc1ccc(-n2c(SCCC#N)nc3sc4c(c3c2=O)CCCC4)cc1Cl. The molecule has 2 heterocycles. The zero-order valence-electron chi connectivity index (χ0n) is 14.9. The Balaban J connectivity index is 1.96. The lowest BCUT2D eigenvalue weighted by molar-refractivity contribution is 0.699. The summed E-state index contributed by atoms with van der Waals surface area (Å²) in [6.45, 7) is 1.94. The number of hydrogen-bond acceptors (Lipinski definition) is 5. The number of halogens is 1. The van der Waals surface area contributed by atoms with Crippen molar-refractivity contribution in [3.05, 3.63) is 49.6 Å². The van der Waals surface area contributed by atoms with Gasteiger partial charge in [-0.2, -0.15) is 5.26 Å². The lowest BCUT2D eigenvalue weighted by Gasteiger charge is -2.14. The summed E-state index contributed by atoms with van der Waals surface area (Å²) in [6.07, 6.45) is 4.68. The van der Waals surface area contributed by atoms with E-state index in [4.69, 9.17) is 21.8 Å². The van der Waals surface area contributed by atoms with Gasteiger partial charge < -0.3 is 0 Å². The van der Waals surface area contributed by atoms with Crippen molar-refractivity contribution in [1.82, 2.24) is 9.55 Å². The summed E-state index contributed by atoms with van der Waals surface area (Å²) in [6, 6.07) is 7.79. The second-order valence-corrected chi connectivity index (χ2v) is 9.17. The van der Waals surface area contributed by atoms with E-state index in [-0.39, 0.29) is 5.56 Å². The molecule has 0 fully saturated rings. The molecule has 0 saturated heterocycles. The Morgan fingerprint density at radius 3 is 2.96 bits per heavy atom. The number of thiophene rings is 1. The van der Waals surface area contributed by atoms with Gasteiger partial charge in [0.15, 0.2) is 5.16 Å². The molecule has 2 aromatic heterocycles. The zero-order chi connectivity index (χ0) is 19.0. The predicted molar refractivity (Wildman–Crippen MR) is 113 cm³/mol. The lowest BCUT2D eigenvalue weighted by atomic mass is 9.97. The van der Waals surface area contributed by atoms with Gasteiger partial charge in [-0.3, -0.25) is 9.36 Å². The number of benzene rings is 1. The van der Waals surface area contributed by atoms with Gasteiger partial charge in [-0.1, -0.05) is 29.4 Å². The maximum absolute atomic E-state index is 13.5. The molecule has 0 atom stereocenters. The molecule has 0 spiro atoms. The van der Waals surface area contributed by atoms with Crippen LogP contribution < -0.4 is 5.56 Å². The van der Waals surface area contributed by atoms with Crippen LogP contribution in [0, 0.1) is 18.3 Å². The van der Waals surface area contributed by atoms with Crippen LogP contribution in [0.1, 0.15) is 35.3 Å². The monoisotopic (exact) mass is 415 g/mol. The first kappa shape index (κ1) is 18.5. The number of aromatic nitrogens is 2. The maximum atomic E-state index is 13.5. The third-order valence-corrected chi connectivity index (χ3v) is 7.35. The summed E-state index contributed by atoms with van der Waals surface area (Å²) < 4.78 is 1.66. The average Bonchev–Trinajstić information content (AvgIpc) is 3.03. The second-order valence-electron chi connectivity index (χ2n) is 6.62. The average molecular weight is 416 g/mol. The quantitative estimate of drug-likeness (QED) is 0.330. The fourth-order valence-corrected chi connectivity index (χ4v) is 5.75. The van der Waals surface area contributed by atoms with E-state index in [1.54, 1.807) is 15.9 Å². The predicted octanol–water partition coefficient (Wildman–Crippen LogP) is 5.29. The summed E-state index contributed by atoms with van der Waals surface area (Å²) >= 11 is 9.42. The Hall–Kier alpha value is -1.81. The highest BCUT2D eigenvalue weighted by Gasteiger charge is 2.23. The smallest absolute Gasteiger partial charge is 0.267 e. The summed E-state index contributed by atoms with van der Waals surface area (Å²) in [5, 5.41) is 10.9. The number of thioether (sulfide) groups is 1. The molecule has 0 amide bonds. The van der Waals surface area contributed by atoms with Crippen molar-refractivity contribution in [2.24, 2.45) is 0 Å². The van der Waals surface area contributed by atoms with Crippen molar-refractivity contribution in [2.45, 2.75) is 44.2 Å². The Kier molecular flexibility index (Phi) is 5.27. The lowest BCUT2D eigenvalue weighted by Crippen LogP contribution is -2.22. The van der Waals surface area contributed by atoms with Gasteiger partial charge >= 0.3 is 0 Å². The van der Waals surface area contributed by atoms with Crippen molar-refractivity contribution in [3.63, 3.8) is 0 Å². The first-order valence-electron chi connectivity index (χ1n) is 8.93. The molecule has 0 saturated carbocycles. The highest BCUT2D eigenvalue weighted by molar-refractivity contribution is 7.99. The summed E-state index contributed by atoms with van der Waals surface area (Å²) in [5.41, 5.74) is 2.84. The summed E-state index contributed by atoms with van der Waals surface area (Å²) in [5.74, 6) is 0.596. The fraction of sp³-hybridized carbons (Fsp3) is 0.350. The van der Waals surface area contributed by atoms with Crippen LogP contribution in [0.15, 0.2) is 28.2 Å². The summed E-state index contributed by atoms with van der Waals surface area (Å²) in [4.78, 5) is 20.5. The van der Waals surface area contributed by atoms with E-state index in [1.165, 1.54) is 28.6 Å². The number of nitrogens with zero attached hydrogens (tertiary/aromatic N) is 3. The highest BCUT2D eigenvalue weighted by atomic mass is 35.5. The Morgan fingerprint density at radius 2 is 2.19 bits per heavy atom. The van der Waals surface area contributed by atoms with Gasteiger partial charge in [0.2, 0.25) is 0 Å². The highest BCUT2D eigenvalue weighted by Crippen LogP contribution is 2.35. The van der Waals surface area contributed by atoms with Gasteiger partial charge in [0, 0.05) is 22.1 Å². The Labute approximate surface area is 170 Å². The van der Waals surface area contributed by atoms with Crippen molar-refractivity contribution in [1.29, 1.82) is 5.26 Å². The number of fused-ring (bicyclic) bond motifs is 3. The van der Waals surface area contributed by atoms with E-state index < -0.39 is 0 Å². The normalized spacial score (nSPS) is 13.5. The van der Waals surface area contributed by atoms with Crippen LogP contribution in [0.3, 0.4) is 0 Å². The van der Waals surface area contributed by atoms with E-state index in [9.17, 15) is 4.79 Å². The van der Waals surface area contributed by atoms with Crippen LogP contribution in [0.2, 0.25) is 5.02 Å². The fourth-order valence-electron chi connectivity index (χ4n) is 3.42. The standard InChI is InChI=1S/C20H18ClN3OS2/c1-12-7-8-13(11-15(12)21)24-19(25)17-14-5-2-3-6-16(14)27-18(17)23-20(24)26-10-4-9-22/h7-8,11H,2-6,10H2,1H3.